The van der Waals surface area contributed by atoms with Crippen molar-refractivity contribution < 1.29 is 4.79 Å². The average molecular weight is 382 g/mol. The van der Waals surface area contributed by atoms with E-state index in [1.807, 2.05) is 23.9 Å². The van der Waals surface area contributed by atoms with Crippen LogP contribution in [-0.4, -0.2) is 41.4 Å². The summed E-state index contributed by atoms with van der Waals surface area (Å²) in [4.78, 5) is 24.9. The van der Waals surface area contributed by atoms with Crippen LogP contribution in [0.2, 0.25) is 0 Å². The van der Waals surface area contributed by atoms with Gasteiger partial charge in [0.15, 0.2) is 0 Å². The Hall–Kier alpha value is -2.67. The lowest BCUT2D eigenvalue weighted by Crippen LogP contribution is -2.35. The third kappa shape index (κ3) is 3.60. The highest BCUT2D eigenvalue weighted by Crippen LogP contribution is 2.27. The fraction of sp³-hybridized carbons (Fsp3) is 0.350. The van der Waals surface area contributed by atoms with Crippen molar-refractivity contribution in [3.63, 3.8) is 0 Å². The molecule has 3 heterocycles. The van der Waals surface area contributed by atoms with Crippen molar-refractivity contribution in [3.05, 3.63) is 46.5 Å². The van der Waals surface area contributed by atoms with Crippen LogP contribution in [0.5, 0.6) is 0 Å². The van der Waals surface area contributed by atoms with Gasteiger partial charge in [0, 0.05) is 44.4 Å². The highest BCUT2D eigenvalue weighted by Gasteiger charge is 2.24. The number of fused-ring (bicyclic) bond motifs is 2. The minimum absolute atomic E-state index is 0.0873. The number of amides is 1. The second-order valence-corrected chi connectivity index (χ2v) is 7.98. The van der Waals surface area contributed by atoms with Gasteiger partial charge in [-0.3, -0.25) is 4.79 Å². The van der Waals surface area contributed by atoms with Crippen LogP contribution >= 0.6 is 11.3 Å². The van der Waals surface area contributed by atoms with E-state index < -0.39 is 0 Å². The number of aromatic nitrogens is 2. The molecule has 0 spiro atoms. The second-order valence-electron chi connectivity index (χ2n) is 7.03. The van der Waals surface area contributed by atoms with Crippen LogP contribution in [0.1, 0.15) is 23.7 Å². The van der Waals surface area contributed by atoms with Crippen molar-refractivity contribution >= 4 is 39.1 Å². The van der Waals surface area contributed by atoms with Gasteiger partial charge in [0.2, 0.25) is 11.9 Å². The summed E-state index contributed by atoms with van der Waals surface area (Å²) >= 11 is 1.76. The highest BCUT2D eigenvalue weighted by atomic mass is 32.1. The van der Waals surface area contributed by atoms with E-state index in [4.69, 9.17) is 4.98 Å². The third-order valence-corrected chi connectivity index (χ3v) is 5.77. The maximum absolute atomic E-state index is 11.8. The number of anilines is 2. The number of carbonyl (C=O) groups is 1. The van der Waals surface area contributed by atoms with E-state index in [0.29, 0.717) is 25.6 Å². The van der Waals surface area contributed by atoms with Crippen LogP contribution in [0, 0.1) is 0 Å². The molecule has 3 aromatic rings. The minimum Gasteiger partial charge on any atom is -0.366 e. The van der Waals surface area contributed by atoms with Crippen molar-refractivity contribution in [2.75, 3.05) is 30.9 Å². The molecule has 140 valence electrons. The largest absolute Gasteiger partial charge is 0.366 e. The lowest BCUT2D eigenvalue weighted by atomic mass is 10.1. The van der Waals surface area contributed by atoms with E-state index in [-0.39, 0.29) is 5.91 Å². The summed E-state index contributed by atoms with van der Waals surface area (Å²) in [6, 6.07) is 8.69. The van der Waals surface area contributed by atoms with Gasteiger partial charge in [-0.15, -0.1) is 11.3 Å². The van der Waals surface area contributed by atoms with Gasteiger partial charge in [-0.2, -0.15) is 4.98 Å². The first kappa shape index (κ1) is 17.7. The SMILES string of the molecule is CC(=O)N1CCc2c(nc(N(C)C)nc2NCc2ccc3sccc3c2)C1. The van der Waals surface area contributed by atoms with Crippen LogP contribution in [0.15, 0.2) is 29.6 Å². The lowest BCUT2D eigenvalue weighted by Gasteiger charge is -2.29. The maximum atomic E-state index is 11.8. The number of thiophene rings is 1. The number of hydrogen-bond acceptors (Lipinski definition) is 6. The zero-order valence-corrected chi connectivity index (χ0v) is 16.6. The van der Waals surface area contributed by atoms with Crippen LogP contribution in [-0.2, 0) is 24.3 Å². The van der Waals surface area contributed by atoms with Crippen molar-refractivity contribution in [2.45, 2.75) is 26.4 Å². The molecule has 0 aliphatic carbocycles. The summed E-state index contributed by atoms with van der Waals surface area (Å²) in [6.45, 7) is 3.57. The first-order valence-electron chi connectivity index (χ1n) is 9.04. The quantitative estimate of drug-likeness (QED) is 0.752. The Balaban J connectivity index is 1.62. The zero-order valence-electron chi connectivity index (χ0n) is 15.8. The molecule has 6 nitrogen and oxygen atoms in total. The van der Waals surface area contributed by atoms with Gasteiger partial charge in [0.1, 0.15) is 5.82 Å². The Labute approximate surface area is 162 Å². The van der Waals surface area contributed by atoms with Gasteiger partial charge in [-0.1, -0.05) is 6.07 Å². The van der Waals surface area contributed by atoms with Crippen LogP contribution in [0.25, 0.3) is 10.1 Å². The van der Waals surface area contributed by atoms with Gasteiger partial charge in [-0.25, -0.2) is 4.98 Å². The summed E-state index contributed by atoms with van der Waals surface area (Å²) in [5.74, 6) is 1.62. The molecule has 0 atom stereocenters. The van der Waals surface area contributed by atoms with Gasteiger partial charge >= 0.3 is 0 Å². The standard InChI is InChI=1S/C20H23N5OS/c1-13(26)25-8-6-16-17(12-25)22-20(24(2)3)23-19(16)21-11-14-4-5-18-15(10-14)7-9-27-18/h4-5,7,9-10H,6,8,11-12H2,1-3H3,(H,21,22,23). The van der Waals surface area contributed by atoms with Crippen molar-refractivity contribution in [2.24, 2.45) is 0 Å². The van der Waals surface area contributed by atoms with Crippen LogP contribution in [0.4, 0.5) is 11.8 Å². The summed E-state index contributed by atoms with van der Waals surface area (Å²) < 4.78 is 1.30. The lowest BCUT2D eigenvalue weighted by molar-refractivity contribution is -0.129. The predicted octanol–water partition coefficient (Wildman–Crippen LogP) is 3.27. The number of hydrogen-bond donors (Lipinski definition) is 1. The Bertz CT molecular complexity index is 997. The monoisotopic (exact) mass is 381 g/mol. The first-order valence-corrected chi connectivity index (χ1v) is 9.92. The van der Waals surface area contributed by atoms with E-state index in [1.54, 1.807) is 18.3 Å². The van der Waals surface area contributed by atoms with E-state index in [1.165, 1.54) is 15.6 Å². The number of nitrogens with one attached hydrogen (secondary N) is 1. The molecule has 0 radical (unpaired) electrons. The summed E-state index contributed by atoms with van der Waals surface area (Å²) in [5, 5.41) is 6.90. The normalized spacial score (nSPS) is 13.5. The molecule has 0 saturated heterocycles. The second kappa shape index (κ2) is 7.15. The van der Waals surface area contributed by atoms with E-state index in [2.05, 4.69) is 39.9 Å². The molecule has 4 rings (SSSR count). The minimum atomic E-state index is 0.0873. The third-order valence-electron chi connectivity index (χ3n) is 4.88. The summed E-state index contributed by atoms with van der Waals surface area (Å²) in [5.41, 5.74) is 3.28. The number of rotatable bonds is 4. The van der Waals surface area contributed by atoms with Gasteiger partial charge < -0.3 is 15.1 Å². The molecule has 27 heavy (non-hydrogen) atoms. The molecular weight excluding hydrogens is 358 g/mol. The van der Waals surface area contributed by atoms with Gasteiger partial charge in [0.05, 0.1) is 12.2 Å². The highest BCUT2D eigenvalue weighted by molar-refractivity contribution is 7.17. The summed E-state index contributed by atoms with van der Waals surface area (Å²) in [6.07, 6.45) is 0.772. The first-order chi connectivity index (χ1) is 13.0. The van der Waals surface area contributed by atoms with Gasteiger partial charge in [-0.05, 0) is 40.9 Å². The van der Waals surface area contributed by atoms with E-state index >= 15 is 0 Å². The fourth-order valence-corrected chi connectivity index (χ4v) is 4.12. The molecule has 1 aliphatic rings. The smallest absolute Gasteiger partial charge is 0.227 e. The number of benzene rings is 1. The van der Waals surface area contributed by atoms with Crippen molar-refractivity contribution in [3.8, 4) is 0 Å². The molecule has 0 saturated carbocycles. The molecule has 1 N–H and O–H groups in total. The summed E-state index contributed by atoms with van der Waals surface area (Å²) in [7, 11) is 3.86. The molecule has 0 fully saturated rings. The Kier molecular flexibility index (Phi) is 4.70. The molecule has 2 aromatic heterocycles. The van der Waals surface area contributed by atoms with Crippen LogP contribution in [0.3, 0.4) is 0 Å². The molecule has 1 aromatic carbocycles. The maximum Gasteiger partial charge on any atom is 0.227 e. The molecule has 7 heteroatoms. The average Bonchev–Trinajstić information content (AvgIpc) is 3.13. The number of carbonyl (C=O) groups excluding carboxylic acids is 1. The zero-order chi connectivity index (χ0) is 19.0. The Morgan fingerprint density at radius 3 is 2.93 bits per heavy atom. The number of nitrogens with zero attached hydrogens (tertiary/aromatic N) is 4. The molecule has 1 aliphatic heterocycles. The predicted molar refractivity (Wildman–Crippen MR) is 110 cm³/mol. The van der Waals surface area contributed by atoms with E-state index in [0.717, 1.165) is 23.5 Å². The Morgan fingerprint density at radius 2 is 2.15 bits per heavy atom. The van der Waals surface area contributed by atoms with Crippen molar-refractivity contribution in [1.29, 1.82) is 0 Å². The molecule has 0 unspecified atom stereocenters. The Morgan fingerprint density at radius 1 is 1.30 bits per heavy atom. The topological polar surface area (TPSA) is 61.4 Å². The van der Waals surface area contributed by atoms with Crippen LogP contribution < -0.4 is 10.2 Å². The van der Waals surface area contributed by atoms with Gasteiger partial charge in [0.25, 0.3) is 0 Å². The molecular formula is C20H23N5OS. The molecule has 0 bridgehead atoms. The molecule has 1 amide bonds. The fourth-order valence-electron chi connectivity index (χ4n) is 3.34. The van der Waals surface area contributed by atoms with Crippen molar-refractivity contribution in [1.82, 2.24) is 14.9 Å². The van der Waals surface area contributed by atoms with E-state index in [9.17, 15) is 4.79 Å².